The second-order valence-corrected chi connectivity index (χ2v) is 3.17. The lowest BCUT2D eigenvalue weighted by Crippen LogP contribution is -2.20. The summed E-state index contributed by atoms with van der Waals surface area (Å²) in [5, 5.41) is 2.88. The van der Waals surface area contributed by atoms with Crippen molar-refractivity contribution in [2.45, 2.75) is 13.0 Å². The number of benzene rings is 1. The van der Waals surface area contributed by atoms with Crippen molar-refractivity contribution in [1.29, 1.82) is 0 Å². The summed E-state index contributed by atoms with van der Waals surface area (Å²) < 4.78 is 31.7. The molecule has 1 rings (SSSR count). The number of likely N-dealkylation sites (N-methyl/N-ethyl adjacent to an activating group) is 1. The number of halogens is 2. The molecule has 2 nitrogen and oxygen atoms in total. The van der Waals surface area contributed by atoms with Crippen molar-refractivity contribution in [1.82, 2.24) is 5.32 Å². The number of rotatable bonds is 5. The van der Waals surface area contributed by atoms with Crippen molar-refractivity contribution in [2.75, 3.05) is 20.2 Å². The van der Waals surface area contributed by atoms with Gasteiger partial charge < -0.3 is 10.1 Å². The Morgan fingerprint density at radius 1 is 1.40 bits per heavy atom. The summed E-state index contributed by atoms with van der Waals surface area (Å²) in [7, 11) is 1.74. The zero-order valence-electron chi connectivity index (χ0n) is 8.89. The minimum atomic E-state index is -0.452. The SMILES string of the molecule is CCO[C@@H](CNC)c1cc(F)ccc1F. The van der Waals surface area contributed by atoms with Crippen molar-refractivity contribution < 1.29 is 13.5 Å². The molecule has 0 aliphatic carbocycles. The molecule has 0 amide bonds. The first-order valence-corrected chi connectivity index (χ1v) is 4.90. The Morgan fingerprint density at radius 2 is 2.13 bits per heavy atom. The molecule has 1 aromatic carbocycles. The van der Waals surface area contributed by atoms with Gasteiger partial charge in [0.15, 0.2) is 0 Å². The molecular weight excluding hydrogens is 200 g/mol. The van der Waals surface area contributed by atoms with Crippen LogP contribution in [0.3, 0.4) is 0 Å². The summed E-state index contributed by atoms with van der Waals surface area (Å²) in [5.74, 6) is -0.891. The van der Waals surface area contributed by atoms with E-state index in [1.807, 2.05) is 6.92 Å². The maximum Gasteiger partial charge on any atom is 0.129 e. The molecule has 0 aromatic heterocycles. The summed E-state index contributed by atoms with van der Waals surface area (Å²) in [6, 6.07) is 3.39. The Labute approximate surface area is 88.3 Å². The van der Waals surface area contributed by atoms with Crippen LogP contribution < -0.4 is 5.32 Å². The van der Waals surface area contributed by atoms with Gasteiger partial charge in [0.1, 0.15) is 11.6 Å². The summed E-state index contributed by atoms with van der Waals surface area (Å²) >= 11 is 0. The normalized spacial score (nSPS) is 12.8. The van der Waals surface area contributed by atoms with Crippen molar-refractivity contribution >= 4 is 0 Å². The topological polar surface area (TPSA) is 21.3 Å². The van der Waals surface area contributed by atoms with Crippen LogP contribution >= 0.6 is 0 Å². The fourth-order valence-electron chi connectivity index (χ4n) is 1.41. The summed E-state index contributed by atoms with van der Waals surface area (Å²) in [4.78, 5) is 0. The Bertz CT molecular complexity index is 311. The Hall–Kier alpha value is -1.00. The van der Waals surface area contributed by atoms with E-state index in [0.29, 0.717) is 13.2 Å². The average Bonchev–Trinajstić information content (AvgIpc) is 2.21. The predicted molar refractivity (Wildman–Crippen MR) is 54.7 cm³/mol. The molecule has 0 aliphatic rings. The van der Waals surface area contributed by atoms with Gasteiger partial charge in [-0.05, 0) is 32.2 Å². The molecule has 0 saturated heterocycles. The maximum atomic E-state index is 13.4. The second kappa shape index (κ2) is 5.78. The molecule has 0 bridgehead atoms. The van der Waals surface area contributed by atoms with Crippen LogP contribution in [0.15, 0.2) is 18.2 Å². The van der Waals surface area contributed by atoms with E-state index in [0.717, 1.165) is 12.1 Å². The van der Waals surface area contributed by atoms with Crippen molar-refractivity contribution in [3.63, 3.8) is 0 Å². The Balaban J connectivity index is 2.93. The molecule has 1 aromatic rings. The molecule has 0 saturated carbocycles. The lowest BCUT2D eigenvalue weighted by atomic mass is 10.1. The quantitative estimate of drug-likeness (QED) is 0.813. The number of nitrogens with one attached hydrogen (secondary N) is 1. The first-order chi connectivity index (χ1) is 7.19. The van der Waals surface area contributed by atoms with Crippen molar-refractivity contribution in [2.24, 2.45) is 0 Å². The first-order valence-electron chi connectivity index (χ1n) is 4.90. The van der Waals surface area contributed by atoms with Gasteiger partial charge in [0.25, 0.3) is 0 Å². The maximum absolute atomic E-state index is 13.4. The highest BCUT2D eigenvalue weighted by Crippen LogP contribution is 2.21. The Kier molecular flexibility index (Phi) is 4.65. The van der Waals surface area contributed by atoms with E-state index in [1.165, 1.54) is 6.07 Å². The van der Waals surface area contributed by atoms with E-state index in [9.17, 15) is 8.78 Å². The molecule has 0 radical (unpaired) electrons. The molecule has 1 atom stereocenters. The van der Waals surface area contributed by atoms with Gasteiger partial charge in [0, 0.05) is 18.7 Å². The minimum absolute atomic E-state index is 0.256. The van der Waals surface area contributed by atoms with Gasteiger partial charge in [-0.15, -0.1) is 0 Å². The highest BCUT2D eigenvalue weighted by molar-refractivity contribution is 5.21. The lowest BCUT2D eigenvalue weighted by Gasteiger charge is -2.17. The number of ether oxygens (including phenoxy) is 1. The molecular formula is C11H15F2NO. The van der Waals surface area contributed by atoms with Crippen LogP contribution in [0.4, 0.5) is 8.78 Å². The van der Waals surface area contributed by atoms with Crippen LogP contribution in [0, 0.1) is 11.6 Å². The molecule has 0 unspecified atom stereocenters. The third-order valence-corrected chi connectivity index (χ3v) is 2.06. The zero-order valence-corrected chi connectivity index (χ0v) is 8.89. The van der Waals surface area contributed by atoms with E-state index >= 15 is 0 Å². The lowest BCUT2D eigenvalue weighted by molar-refractivity contribution is 0.0610. The molecule has 0 heterocycles. The van der Waals surface area contributed by atoms with Gasteiger partial charge >= 0.3 is 0 Å². The summed E-state index contributed by atoms with van der Waals surface area (Å²) in [6.07, 6.45) is -0.448. The van der Waals surface area contributed by atoms with Gasteiger partial charge in [0.05, 0.1) is 6.10 Å². The van der Waals surface area contributed by atoms with Gasteiger partial charge in [-0.1, -0.05) is 0 Å². The van der Waals surface area contributed by atoms with E-state index in [1.54, 1.807) is 7.05 Å². The van der Waals surface area contributed by atoms with Crippen LogP contribution in [-0.2, 0) is 4.74 Å². The van der Waals surface area contributed by atoms with Crippen LogP contribution in [0.1, 0.15) is 18.6 Å². The highest BCUT2D eigenvalue weighted by atomic mass is 19.1. The first kappa shape index (κ1) is 12.1. The van der Waals surface area contributed by atoms with Crippen LogP contribution in [0.25, 0.3) is 0 Å². The van der Waals surface area contributed by atoms with Gasteiger partial charge in [-0.25, -0.2) is 8.78 Å². The van der Waals surface area contributed by atoms with Gasteiger partial charge in [-0.2, -0.15) is 0 Å². The summed E-state index contributed by atoms with van der Waals surface area (Å²) in [6.45, 7) is 2.73. The molecule has 4 heteroatoms. The minimum Gasteiger partial charge on any atom is -0.372 e. The monoisotopic (exact) mass is 215 g/mol. The number of hydrogen-bond acceptors (Lipinski definition) is 2. The average molecular weight is 215 g/mol. The molecule has 0 fully saturated rings. The fraction of sp³-hybridized carbons (Fsp3) is 0.455. The van der Waals surface area contributed by atoms with Crippen LogP contribution in [-0.4, -0.2) is 20.2 Å². The van der Waals surface area contributed by atoms with E-state index < -0.39 is 17.7 Å². The van der Waals surface area contributed by atoms with Gasteiger partial charge in [0.2, 0.25) is 0 Å². The highest BCUT2D eigenvalue weighted by Gasteiger charge is 2.15. The number of hydrogen-bond donors (Lipinski definition) is 1. The fourth-order valence-corrected chi connectivity index (χ4v) is 1.41. The Morgan fingerprint density at radius 3 is 2.73 bits per heavy atom. The smallest absolute Gasteiger partial charge is 0.129 e. The van der Waals surface area contributed by atoms with Crippen LogP contribution in [0.2, 0.25) is 0 Å². The van der Waals surface area contributed by atoms with Crippen LogP contribution in [0.5, 0.6) is 0 Å². The molecule has 0 spiro atoms. The summed E-state index contributed by atoms with van der Waals surface area (Å²) in [5.41, 5.74) is 0.256. The molecule has 84 valence electrons. The van der Waals surface area contributed by atoms with E-state index in [-0.39, 0.29) is 5.56 Å². The predicted octanol–water partition coefficient (Wildman–Crippen LogP) is 2.26. The molecule has 1 N–H and O–H groups in total. The third kappa shape index (κ3) is 3.25. The standard InChI is InChI=1S/C11H15F2NO/c1-3-15-11(7-14-2)9-6-8(12)4-5-10(9)13/h4-6,11,14H,3,7H2,1-2H3/t11-/m0/s1. The van der Waals surface area contributed by atoms with Gasteiger partial charge in [-0.3, -0.25) is 0 Å². The second-order valence-electron chi connectivity index (χ2n) is 3.17. The zero-order chi connectivity index (χ0) is 11.3. The molecule has 15 heavy (non-hydrogen) atoms. The third-order valence-electron chi connectivity index (χ3n) is 2.06. The van der Waals surface area contributed by atoms with E-state index in [2.05, 4.69) is 5.32 Å². The van der Waals surface area contributed by atoms with Crippen molar-refractivity contribution in [3.05, 3.63) is 35.4 Å². The van der Waals surface area contributed by atoms with E-state index in [4.69, 9.17) is 4.74 Å². The molecule has 0 aliphatic heterocycles. The largest absolute Gasteiger partial charge is 0.372 e. The van der Waals surface area contributed by atoms with Crippen molar-refractivity contribution in [3.8, 4) is 0 Å².